The van der Waals surface area contributed by atoms with Crippen LogP contribution in [0.2, 0.25) is 0 Å². The molecule has 0 amide bonds. The monoisotopic (exact) mass is 222 g/mol. The highest BCUT2D eigenvalue weighted by Gasteiger charge is 2.21. The fraction of sp³-hybridized carbons (Fsp3) is 0.929. The van der Waals surface area contributed by atoms with Crippen LogP contribution in [0.15, 0.2) is 0 Å². The van der Waals surface area contributed by atoms with Gasteiger partial charge in [-0.05, 0) is 25.7 Å². The molecule has 1 N–H and O–H groups in total. The SMILES string of the molecule is [NH-][N+](=C1CCCCCC1)C1CCCCCC1. The Labute approximate surface area is 99.9 Å². The standard InChI is InChI=1S/C14H26N2/c15-16(13-9-5-1-2-6-10-13)14-11-7-3-4-8-12-14/h13,15H,1-12H2. The molecule has 0 aromatic heterocycles. The summed E-state index contributed by atoms with van der Waals surface area (Å²) in [4.78, 5) is 0. The second-order valence-corrected chi connectivity index (χ2v) is 5.50. The lowest BCUT2D eigenvalue weighted by Crippen LogP contribution is -2.25. The summed E-state index contributed by atoms with van der Waals surface area (Å²) in [7, 11) is 0. The van der Waals surface area contributed by atoms with E-state index >= 15 is 0 Å². The van der Waals surface area contributed by atoms with Crippen LogP contribution in [0.4, 0.5) is 0 Å². The topological polar surface area (TPSA) is 26.8 Å². The number of hydrogen-bond donors (Lipinski definition) is 0. The molecule has 0 atom stereocenters. The molecule has 0 aliphatic heterocycles. The molecule has 2 fully saturated rings. The Morgan fingerprint density at radius 3 is 1.81 bits per heavy atom. The van der Waals surface area contributed by atoms with Crippen molar-refractivity contribution in [2.45, 2.75) is 83.1 Å². The van der Waals surface area contributed by atoms with E-state index in [1.807, 2.05) is 4.68 Å². The zero-order valence-corrected chi connectivity index (χ0v) is 10.5. The van der Waals surface area contributed by atoms with Gasteiger partial charge in [0.05, 0.1) is 0 Å². The van der Waals surface area contributed by atoms with Crippen LogP contribution in [-0.2, 0) is 0 Å². The second kappa shape index (κ2) is 6.27. The van der Waals surface area contributed by atoms with Crippen molar-refractivity contribution in [2.75, 3.05) is 0 Å². The first kappa shape index (κ1) is 11.9. The molecule has 0 bridgehead atoms. The molecule has 0 heterocycles. The fourth-order valence-electron chi connectivity index (χ4n) is 3.15. The van der Waals surface area contributed by atoms with E-state index in [9.17, 15) is 0 Å². The molecule has 2 rings (SSSR count). The molecule has 0 aromatic rings. The molecule has 2 heteroatoms. The molecule has 0 spiro atoms. The Kier molecular flexibility index (Phi) is 4.68. The van der Waals surface area contributed by atoms with Gasteiger partial charge in [-0.1, -0.05) is 25.7 Å². The average molecular weight is 222 g/mol. The molecule has 16 heavy (non-hydrogen) atoms. The molecule has 0 radical (unpaired) electrons. The summed E-state index contributed by atoms with van der Waals surface area (Å²) in [6.07, 6.45) is 15.7. The van der Waals surface area contributed by atoms with Crippen LogP contribution in [0, 0.1) is 0 Å². The molecule has 2 aliphatic carbocycles. The fourth-order valence-corrected chi connectivity index (χ4v) is 3.15. The lowest BCUT2D eigenvalue weighted by atomic mass is 10.1. The predicted octanol–water partition coefficient (Wildman–Crippen LogP) is 4.48. The first-order valence-corrected chi connectivity index (χ1v) is 7.23. The molecule has 92 valence electrons. The maximum Gasteiger partial charge on any atom is 0.147 e. The Balaban J connectivity index is 2.01. The Morgan fingerprint density at radius 1 is 0.750 bits per heavy atom. The molecule has 2 nitrogen and oxygen atoms in total. The van der Waals surface area contributed by atoms with Gasteiger partial charge in [0.15, 0.2) is 0 Å². The van der Waals surface area contributed by atoms with Crippen molar-refractivity contribution in [3.63, 3.8) is 0 Å². The van der Waals surface area contributed by atoms with Crippen LogP contribution in [0.5, 0.6) is 0 Å². The molecule has 0 unspecified atom stereocenters. The summed E-state index contributed by atoms with van der Waals surface area (Å²) < 4.78 is 1.93. The first-order chi connectivity index (χ1) is 7.88. The smallest absolute Gasteiger partial charge is 0.147 e. The quantitative estimate of drug-likeness (QED) is 0.355. The lowest BCUT2D eigenvalue weighted by Gasteiger charge is -2.19. The van der Waals surface area contributed by atoms with Gasteiger partial charge in [0.25, 0.3) is 0 Å². The Morgan fingerprint density at radius 2 is 1.25 bits per heavy atom. The van der Waals surface area contributed by atoms with E-state index in [1.54, 1.807) is 0 Å². The van der Waals surface area contributed by atoms with Gasteiger partial charge in [-0.25, -0.2) is 0 Å². The van der Waals surface area contributed by atoms with Crippen LogP contribution in [0.1, 0.15) is 77.0 Å². The average Bonchev–Trinajstić information content (AvgIpc) is 2.73. The Bertz CT molecular complexity index is 227. The zero-order valence-electron chi connectivity index (χ0n) is 10.5. The van der Waals surface area contributed by atoms with E-state index in [2.05, 4.69) is 0 Å². The molecule has 2 aliphatic rings. The second-order valence-electron chi connectivity index (χ2n) is 5.50. The van der Waals surface area contributed by atoms with Gasteiger partial charge in [0.1, 0.15) is 11.8 Å². The summed E-state index contributed by atoms with van der Waals surface area (Å²) in [5, 5.41) is 0. The van der Waals surface area contributed by atoms with Gasteiger partial charge in [0.2, 0.25) is 0 Å². The van der Waals surface area contributed by atoms with Crippen molar-refractivity contribution in [3.05, 3.63) is 5.84 Å². The molecule has 0 aromatic carbocycles. The van der Waals surface area contributed by atoms with E-state index in [0.717, 1.165) is 0 Å². The number of nitrogens with zero attached hydrogens (tertiary/aromatic N) is 1. The lowest BCUT2D eigenvalue weighted by molar-refractivity contribution is -0.506. The Hall–Kier alpha value is -0.530. The maximum atomic E-state index is 8.35. The van der Waals surface area contributed by atoms with Crippen molar-refractivity contribution in [1.29, 1.82) is 0 Å². The normalized spacial score (nSPS) is 24.9. The minimum Gasteiger partial charge on any atom is -0.454 e. The van der Waals surface area contributed by atoms with Gasteiger partial charge in [-0.3, -0.25) is 4.68 Å². The van der Waals surface area contributed by atoms with Crippen LogP contribution in [0.3, 0.4) is 0 Å². The minimum absolute atomic E-state index is 0.538. The summed E-state index contributed by atoms with van der Waals surface area (Å²) in [5.41, 5.74) is 1.43. The van der Waals surface area contributed by atoms with E-state index in [-0.39, 0.29) is 0 Å². The maximum absolute atomic E-state index is 8.35. The van der Waals surface area contributed by atoms with Crippen molar-refractivity contribution in [3.8, 4) is 0 Å². The number of nitrogens with one attached hydrogen (secondary N) is 1. The third kappa shape index (κ3) is 3.23. The summed E-state index contributed by atoms with van der Waals surface area (Å²) in [6, 6.07) is 0.538. The predicted molar refractivity (Wildman–Crippen MR) is 68.8 cm³/mol. The van der Waals surface area contributed by atoms with Gasteiger partial charge in [-0.2, -0.15) is 0 Å². The van der Waals surface area contributed by atoms with Crippen molar-refractivity contribution < 1.29 is 4.68 Å². The van der Waals surface area contributed by atoms with E-state index in [1.165, 1.54) is 82.8 Å². The van der Waals surface area contributed by atoms with Crippen molar-refractivity contribution in [2.24, 2.45) is 0 Å². The van der Waals surface area contributed by atoms with Crippen molar-refractivity contribution >= 4 is 5.71 Å². The highest BCUT2D eigenvalue weighted by Crippen LogP contribution is 2.22. The molecule has 0 saturated heterocycles. The third-order valence-corrected chi connectivity index (χ3v) is 4.21. The first-order valence-electron chi connectivity index (χ1n) is 7.23. The number of hydrogen-bond acceptors (Lipinski definition) is 0. The minimum atomic E-state index is 0.538. The summed E-state index contributed by atoms with van der Waals surface area (Å²) in [5.74, 6) is 8.35. The van der Waals surface area contributed by atoms with Gasteiger partial charge in [-0.15, -0.1) is 0 Å². The number of rotatable bonds is 1. The summed E-state index contributed by atoms with van der Waals surface area (Å²) >= 11 is 0. The van der Waals surface area contributed by atoms with Gasteiger partial charge < -0.3 is 5.84 Å². The highest BCUT2D eigenvalue weighted by atomic mass is 15.3. The van der Waals surface area contributed by atoms with Gasteiger partial charge in [0, 0.05) is 25.7 Å². The van der Waals surface area contributed by atoms with E-state index in [4.69, 9.17) is 5.84 Å². The van der Waals surface area contributed by atoms with E-state index in [0.29, 0.717) is 6.04 Å². The van der Waals surface area contributed by atoms with Crippen LogP contribution >= 0.6 is 0 Å². The van der Waals surface area contributed by atoms with Gasteiger partial charge >= 0.3 is 0 Å². The third-order valence-electron chi connectivity index (χ3n) is 4.21. The van der Waals surface area contributed by atoms with Crippen LogP contribution in [-0.4, -0.2) is 16.4 Å². The molecular weight excluding hydrogens is 196 g/mol. The van der Waals surface area contributed by atoms with Crippen molar-refractivity contribution in [1.82, 2.24) is 0 Å². The van der Waals surface area contributed by atoms with Crippen LogP contribution < -0.4 is 0 Å². The molecule has 2 saturated carbocycles. The highest BCUT2D eigenvalue weighted by molar-refractivity contribution is 5.80. The molecular formula is C14H26N2. The summed E-state index contributed by atoms with van der Waals surface area (Å²) in [6.45, 7) is 0. The zero-order chi connectivity index (χ0) is 11.2. The van der Waals surface area contributed by atoms with E-state index < -0.39 is 0 Å². The van der Waals surface area contributed by atoms with Crippen LogP contribution in [0.25, 0.3) is 5.84 Å². The largest absolute Gasteiger partial charge is 0.454 e.